The first-order chi connectivity index (χ1) is 13.7. The molecule has 3 rings (SSSR count). The number of rotatable bonds is 7. The maximum atomic E-state index is 12.6. The van der Waals surface area contributed by atoms with E-state index in [1.807, 2.05) is 49.4 Å². The van der Waals surface area contributed by atoms with E-state index >= 15 is 0 Å². The molecule has 7 heteroatoms. The maximum absolute atomic E-state index is 12.6. The highest BCUT2D eigenvalue weighted by Gasteiger charge is 2.17. The Morgan fingerprint density at radius 1 is 1.00 bits per heavy atom. The molecule has 28 heavy (non-hydrogen) atoms. The lowest BCUT2D eigenvalue weighted by Gasteiger charge is -2.22. The van der Waals surface area contributed by atoms with Crippen molar-refractivity contribution in [2.75, 3.05) is 18.6 Å². The van der Waals surface area contributed by atoms with Gasteiger partial charge in [0.1, 0.15) is 6.61 Å². The van der Waals surface area contributed by atoms with Crippen molar-refractivity contribution in [3.63, 3.8) is 0 Å². The van der Waals surface area contributed by atoms with Gasteiger partial charge in [0.25, 0.3) is 0 Å². The van der Waals surface area contributed by atoms with Gasteiger partial charge in [-0.25, -0.2) is 14.8 Å². The SMILES string of the molecule is CCCN(C(=O)OCc1ccccn1)c1ccc(-c2cnc(OC)nc2)cc1. The second-order valence-electron chi connectivity index (χ2n) is 6.03. The third-order valence-corrected chi connectivity index (χ3v) is 4.06. The third kappa shape index (κ3) is 4.82. The Bertz CT molecular complexity index is 884. The standard InChI is InChI=1S/C21H22N4O3/c1-3-12-25(21(26)28-15-18-6-4-5-11-22-18)19-9-7-16(8-10-19)17-13-23-20(27-2)24-14-17/h4-11,13-14H,3,12,15H2,1-2H3. The van der Waals surface area contributed by atoms with Gasteiger partial charge in [-0.2, -0.15) is 0 Å². The minimum Gasteiger partial charge on any atom is -0.467 e. The van der Waals surface area contributed by atoms with Crippen LogP contribution in [0.2, 0.25) is 0 Å². The Hall–Kier alpha value is -3.48. The van der Waals surface area contributed by atoms with E-state index < -0.39 is 6.09 Å². The van der Waals surface area contributed by atoms with E-state index in [4.69, 9.17) is 9.47 Å². The molecule has 0 aliphatic heterocycles. The summed E-state index contributed by atoms with van der Waals surface area (Å²) in [6, 6.07) is 13.5. The highest BCUT2D eigenvalue weighted by Crippen LogP contribution is 2.23. The minimum absolute atomic E-state index is 0.140. The lowest BCUT2D eigenvalue weighted by molar-refractivity contribution is 0.145. The number of anilines is 1. The van der Waals surface area contributed by atoms with Crippen molar-refractivity contribution in [1.82, 2.24) is 15.0 Å². The first kappa shape index (κ1) is 19.3. The number of benzene rings is 1. The Morgan fingerprint density at radius 3 is 2.36 bits per heavy atom. The van der Waals surface area contributed by atoms with Crippen LogP contribution >= 0.6 is 0 Å². The number of methoxy groups -OCH3 is 1. The van der Waals surface area contributed by atoms with Crippen molar-refractivity contribution in [3.8, 4) is 17.1 Å². The summed E-state index contributed by atoms with van der Waals surface area (Å²) in [6.45, 7) is 2.72. The van der Waals surface area contributed by atoms with E-state index in [0.29, 0.717) is 18.2 Å². The number of aromatic nitrogens is 3. The molecule has 1 amide bonds. The Labute approximate surface area is 164 Å². The Balaban J connectivity index is 1.71. The van der Waals surface area contributed by atoms with Crippen LogP contribution in [-0.4, -0.2) is 34.7 Å². The van der Waals surface area contributed by atoms with Crippen LogP contribution < -0.4 is 9.64 Å². The molecule has 0 aliphatic rings. The fraction of sp³-hybridized carbons (Fsp3) is 0.238. The van der Waals surface area contributed by atoms with Crippen LogP contribution in [0.5, 0.6) is 6.01 Å². The molecule has 0 saturated carbocycles. The van der Waals surface area contributed by atoms with Crippen molar-refractivity contribution in [2.24, 2.45) is 0 Å². The van der Waals surface area contributed by atoms with Gasteiger partial charge in [0.15, 0.2) is 0 Å². The smallest absolute Gasteiger partial charge is 0.414 e. The van der Waals surface area contributed by atoms with Crippen LogP contribution in [0, 0.1) is 0 Å². The zero-order chi connectivity index (χ0) is 19.8. The van der Waals surface area contributed by atoms with Crippen LogP contribution in [-0.2, 0) is 11.3 Å². The maximum Gasteiger partial charge on any atom is 0.414 e. The van der Waals surface area contributed by atoms with Crippen LogP contribution in [0.3, 0.4) is 0 Å². The van der Waals surface area contributed by atoms with E-state index in [1.54, 1.807) is 23.5 Å². The van der Waals surface area contributed by atoms with Gasteiger partial charge in [-0.15, -0.1) is 0 Å². The van der Waals surface area contributed by atoms with E-state index in [9.17, 15) is 4.79 Å². The van der Waals surface area contributed by atoms with Crippen molar-refractivity contribution in [3.05, 3.63) is 66.7 Å². The first-order valence-electron chi connectivity index (χ1n) is 9.02. The third-order valence-electron chi connectivity index (χ3n) is 4.06. The van der Waals surface area contributed by atoms with E-state index in [-0.39, 0.29) is 6.61 Å². The Morgan fingerprint density at radius 2 is 1.75 bits per heavy atom. The number of nitrogens with zero attached hydrogens (tertiary/aromatic N) is 4. The number of hydrogen-bond acceptors (Lipinski definition) is 6. The summed E-state index contributed by atoms with van der Waals surface area (Å²) in [5, 5.41) is 0. The molecule has 0 atom stereocenters. The van der Waals surface area contributed by atoms with Gasteiger partial charge < -0.3 is 9.47 Å². The molecular weight excluding hydrogens is 356 g/mol. The summed E-state index contributed by atoms with van der Waals surface area (Å²) in [5.41, 5.74) is 3.30. The summed E-state index contributed by atoms with van der Waals surface area (Å²) in [4.78, 5) is 26.6. The molecular formula is C21H22N4O3. The average Bonchev–Trinajstić information content (AvgIpc) is 2.77. The molecule has 0 N–H and O–H groups in total. The molecule has 0 bridgehead atoms. The van der Waals surface area contributed by atoms with Gasteiger partial charge >= 0.3 is 12.1 Å². The quantitative estimate of drug-likeness (QED) is 0.616. The van der Waals surface area contributed by atoms with Crippen LogP contribution in [0.1, 0.15) is 19.0 Å². The summed E-state index contributed by atoms with van der Waals surface area (Å²) in [5.74, 6) is 0. The molecule has 0 unspecified atom stereocenters. The average molecular weight is 378 g/mol. The molecule has 1 aromatic carbocycles. The molecule has 0 saturated heterocycles. The minimum atomic E-state index is -0.395. The van der Waals surface area contributed by atoms with Gasteiger partial charge in [-0.3, -0.25) is 9.88 Å². The van der Waals surface area contributed by atoms with Gasteiger partial charge in [-0.05, 0) is 36.2 Å². The predicted molar refractivity (Wildman–Crippen MR) is 106 cm³/mol. The first-order valence-corrected chi connectivity index (χ1v) is 9.02. The Kier molecular flexibility index (Phi) is 6.51. The van der Waals surface area contributed by atoms with Crippen molar-refractivity contribution in [1.29, 1.82) is 0 Å². The van der Waals surface area contributed by atoms with Gasteiger partial charge in [-0.1, -0.05) is 25.1 Å². The molecule has 0 radical (unpaired) electrons. The topological polar surface area (TPSA) is 77.4 Å². The summed E-state index contributed by atoms with van der Waals surface area (Å²) >= 11 is 0. The van der Waals surface area contributed by atoms with Crippen LogP contribution in [0.25, 0.3) is 11.1 Å². The molecule has 144 valence electrons. The number of carbonyl (C=O) groups is 1. The van der Waals surface area contributed by atoms with Gasteiger partial charge in [0, 0.05) is 36.4 Å². The van der Waals surface area contributed by atoms with Crippen LogP contribution in [0.15, 0.2) is 61.1 Å². The number of amides is 1. The molecule has 2 aromatic heterocycles. The highest BCUT2D eigenvalue weighted by molar-refractivity contribution is 5.88. The molecule has 0 fully saturated rings. The lowest BCUT2D eigenvalue weighted by atomic mass is 10.1. The number of pyridine rings is 1. The largest absolute Gasteiger partial charge is 0.467 e. The molecule has 7 nitrogen and oxygen atoms in total. The number of hydrogen-bond donors (Lipinski definition) is 0. The van der Waals surface area contributed by atoms with Crippen molar-refractivity contribution >= 4 is 11.8 Å². The molecule has 0 aliphatic carbocycles. The van der Waals surface area contributed by atoms with E-state index in [0.717, 1.165) is 23.2 Å². The second-order valence-corrected chi connectivity index (χ2v) is 6.03. The highest BCUT2D eigenvalue weighted by atomic mass is 16.6. The predicted octanol–water partition coefficient (Wildman–Crippen LogP) is 4.10. The summed E-state index contributed by atoms with van der Waals surface area (Å²) < 4.78 is 10.4. The van der Waals surface area contributed by atoms with E-state index in [2.05, 4.69) is 15.0 Å². The zero-order valence-corrected chi connectivity index (χ0v) is 15.9. The number of ether oxygens (including phenoxy) is 2. The summed E-state index contributed by atoms with van der Waals surface area (Å²) in [6.07, 6.45) is 5.49. The molecule has 2 heterocycles. The van der Waals surface area contributed by atoms with Crippen molar-refractivity contribution in [2.45, 2.75) is 20.0 Å². The number of carbonyl (C=O) groups excluding carboxylic acids is 1. The lowest BCUT2D eigenvalue weighted by Crippen LogP contribution is -2.32. The molecule has 0 spiro atoms. The van der Waals surface area contributed by atoms with Gasteiger partial charge in [0.05, 0.1) is 12.8 Å². The normalized spacial score (nSPS) is 10.4. The van der Waals surface area contributed by atoms with E-state index in [1.165, 1.54) is 7.11 Å². The fourth-order valence-electron chi connectivity index (χ4n) is 2.65. The van der Waals surface area contributed by atoms with Crippen LogP contribution in [0.4, 0.5) is 10.5 Å². The summed E-state index contributed by atoms with van der Waals surface area (Å²) in [7, 11) is 1.53. The van der Waals surface area contributed by atoms with Crippen molar-refractivity contribution < 1.29 is 14.3 Å². The second kappa shape index (κ2) is 9.45. The fourth-order valence-corrected chi connectivity index (χ4v) is 2.65. The molecule has 3 aromatic rings. The van der Waals surface area contributed by atoms with Gasteiger partial charge in [0.2, 0.25) is 0 Å². The monoisotopic (exact) mass is 378 g/mol. The zero-order valence-electron chi connectivity index (χ0n) is 15.9.